The van der Waals surface area contributed by atoms with Crippen LogP contribution in [0.25, 0.3) is 0 Å². The number of unbranched alkanes of at least 4 members (excludes halogenated alkanes) is 1. The summed E-state index contributed by atoms with van der Waals surface area (Å²) in [5, 5.41) is 0. The van der Waals surface area contributed by atoms with Crippen LogP contribution in [0.2, 0.25) is 0 Å². The van der Waals surface area contributed by atoms with E-state index in [1.807, 2.05) is 32.0 Å². The topological polar surface area (TPSA) is 66.4 Å². The molecule has 0 aromatic carbocycles. The van der Waals surface area contributed by atoms with Crippen molar-refractivity contribution in [1.29, 1.82) is 0 Å². The molecule has 0 spiro atoms. The molecule has 1 fully saturated rings. The molecule has 0 aliphatic carbocycles. The molecule has 0 bridgehead atoms. The summed E-state index contributed by atoms with van der Waals surface area (Å²) < 4.78 is 23.3. The predicted molar refractivity (Wildman–Crippen MR) is 90.4 cm³/mol. The van der Waals surface area contributed by atoms with Crippen molar-refractivity contribution in [2.75, 3.05) is 41.9 Å². The third kappa shape index (κ3) is 4.09. The van der Waals surface area contributed by atoms with E-state index in [0.29, 0.717) is 12.2 Å². The summed E-state index contributed by atoms with van der Waals surface area (Å²) in [6.45, 7) is 4.99. The fraction of sp³-hybridized carbons (Fsp3) is 0.733. The average Bonchev–Trinajstić information content (AvgIpc) is 2.83. The Morgan fingerprint density at radius 1 is 1.27 bits per heavy atom. The minimum Gasteiger partial charge on any atom is -0.360 e. The standard InChI is InChI=1S/C15H26N4O2S/c1-5-6-8-18(3)14-10-15(17-12(2)16-14)19(4)13-7-9-22(20,21)11-13/h10,13H,5-9,11H2,1-4H3. The highest BCUT2D eigenvalue weighted by molar-refractivity contribution is 7.91. The van der Waals surface area contributed by atoms with E-state index in [1.165, 1.54) is 0 Å². The molecule has 2 heterocycles. The first kappa shape index (κ1) is 17.0. The molecule has 0 radical (unpaired) electrons. The Balaban J connectivity index is 2.18. The zero-order valence-electron chi connectivity index (χ0n) is 13.9. The molecule has 1 unspecified atom stereocenters. The molecule has 22 heavy (non-hydrogen) atoms. The van der Waals surface area contributed by atoms with Crippen LogP contribution in [0.3, 0.4) is 0 Å². The lowest BCUT2D eigenvalue weighted by molar-refractivity contribution is 0.600. The lowest BCUT2D eigenvalue weighted by Gasteiger charge is -2.26. The molecule has 124 valence electrons. The summed E-state index contributed by atoms with van der Waals surface area (Å²) >= 11 is 0. The SMILES string of the molecule is CCCCN(C)c1cc(N(C)C2CCS(=O)(=O)C2)nc(C)n1. The average molecular weight is 326 g/mol. The number of aromatic nitrogens is 2. The molecule has 1 aromatic rings. The van der Waals surface area contributed by atoms with Crippen molar-refractivity contribution in [3.8, 4) is 0 Å². The Hall–Kier alpha value is -1.37. The van der Waals surface area contributed by atoms with E-state index < -0.39 is 9.84 Å². The maximum Gasteiger partial charge on any atom is 0.152 e. The Morgan fingerprint density at radius 2 is 1.95 bits per heavy atom. The second-order valence-corrected chi connectivity index (χ2v) is 8.30. The van der Waals surface area contributed by atoms with Crippen LogP contribution in [0.1, 0.15) is 32.0 Å². The molecule has 1 saturated heterocycles. The van der Waals surface area contributed by atoms with Crippen molar-refractivity contribution in [1.82, 2.24) is 9.97 Å². The number of sulfone groups is 1. The van der Waals surface area contributed by atoms with Gasteiger partial charge in [0, 0.05) is 32.7 Å². The monoisotopic (exact) mass is 326 g/mol. The van der Waals surface area contributed by atoms with Crippen molar-refractivity contribution in [3.63, 3.8) is 0 Å². The number of hydrogen-bond donors (Lipinski definition) is 0. The van der Waals surface area contributed by atoms with Gasteiger partial charge >= 0.3 is 0 Å². The second kappa shape index (κ2) is 6.81. The van der Waals surface area contributed by atoms with Crippen LogP contribution in [0.5, 0.6) is 0 Å². The van der Waals surface area contributed by atoms with Crippen molar-refractivity contribution in [2.45, 2.75) is 39.2 Å². The lowest BCUT2D eigenvalue weighted by Crippen LogP contribution is -2.33. The number of hydrogen-bond acceptors (Lipinski definition) is 6. The maximum atomic E-state index is 11.7. The minimum absolute atomic E-state index is 0.00750. The van der Waals surface area contributed by atoms with Gasteiger partial charge in [0.25, 0.3) is 0 Å². The fourth-order valence-corrected chi connectivity index (χ4v) is 4.46. The highest BCUT2D eigenvalue weighted by atomic mass is 32.2. The largest absolute Gasteiger partial charge is 0.360 e. The Bertz CT molecular complexity index is 618. The molecule has 1 aliphatic rings. The molecular formula is C15H26N4O2S. The summed E-state index contributed by atoms with van der Waals surface area (Å²) in [4.78, 5) is 13.1. The van der Waals surface area contributed by atoms with Gasteiger partial charge in [-0.3, -0.25) is 0 Å². The van der Waals surface area contributed by atoms with Crippen LogP contribution < -0.4 is 9.80 Å². The summed E-state index contributed by atoms with van der Waals surface area (Å²) in [5.41, 5.74) is 0. The first-order chi connectivity index (χ1) is 10.3. The van der Waals surface area contributed by atoms with Gasteiger partial charge in [0.15, 0.2) is 9.84 Å². The summed E-state index contributed by atoms with van der Waals surface area (Å²) in [6, 6.07) is 1.96. The van der Waals surface area contributed by atoms with Gasteiger partial charge in [-0.1, -0.05) is 13.3 Å². The van der Waals surface area contributed by atoms with Gasteiger partial charge in [0.2, 0.25) is 0 Å². The molecule has 0 N–H and O–H groups in total. The van der Waals surface area contributed by atoms with Crippen LogP contribution in [-0.4, -0.2) is 56.6 Å². The first-order valence-electron chi connectivity index (χ1n) is 7.82. The Morgan fingerprint density at radius 3 is 2.55 bits per heavy atom. The summed E-state index contributed by atoms with van der Waals surface area (Å²) in [5.74, 6) is 2.89. The number of nitrogens with zero attached hydrogens (tertiary/aromatic N) is 4. The number of anilines is 2. The van der Waals surface area contributed by atoms with E-state index in [1.54, 1.807) is 0 Å². The van der Waals surface area contributed by atoms with Crippen LogP contribution in [0.4, 0.5) is 11.6 Å². The molecule has 1 atom stereocenters. The summed E-state index contributed by atoms with van der Waals surface area (Å²) in [7, 11) is 1.06. The molecule has 1 aliphatic heterocycles. The van der Waals surface area contributed by atoms with Crippen molar-refractivity contribution >= 4 is 21.5 Å². The second-order valence-electron chi connectivity index (χ2n) is 6.07. The highest BCUT2D eigenvalue weighted by Gasteiger charge is 2.31. The van der Waals surface area contributed by atoms with Gasteiger partial charge in [-0.2, -0.15) is 0 Å². The van der Waals surface area contributed by atoms with Gasteiger partial charge in [-0.05, 0) is 19.8 Å². The molecule has 6 nitrogen and oxygen atoms in total. The number of aryl methyl sites for hydroxylation is 1. The van der Waals surface area contributed by atoms with Gasteiger partial charge in [-0.25, -0.2) is 18.4 Å². The quantitative estimate of drug-likeness (QED) is 0.792. The fourth-order valence-electron chi connectivity index (χ4n) is 2.69. The van der Waals surface area contributed by atoms with Gasteiger partial charge < -0.3 is 9.80 Å². The van der Waals surface area contributed by atoms with E-state index in [0.717, 1.165) is 31.0 Å². The van der Waals surface area contributed by atoms with E-state index in [4.69, 9.17) is 0 Å². The zero-order valence-corrected chi connectivity index (χ0v) is 14.7. The van der Waals surface area contributed by atoms with Gasteiger partial charge in [0.05, 0.1) is 11.5 Å². The van der Waals surface area contributed by atoms with E-state index >= 15 is 0 Å². The van der Waals surface area contributed by atoms with Crippen LogP contribution in [0, 0.1) is 6.92 Å². The molecule has 0 amide bonds. The van der Waals surface area contributed by atoms with Crippen LogP contribution in [-0.2, 0) is 9.84 Å². The minimum atomic E-state index is -2.89. The lowest BCUT2D eigenvalue weighted by atomic mass is 10.2. The first-order valence-corrected chi connectivity index (χ1v) is 9.64. The molecular weight excluding hydrogens is 300 g/mol. The van der Waals surface area contributed by atoms with Crippen molar-refractivity contribution in [3.05, 3.63) is 11.9 Å². The van der Waals surface area contributed by atoms with E-state index in [2.05, 4.69) is 21.8 Å². The third-order valence-electron chi connectivity index (χ3n) is 4.17. The maximum absolute atomic E-state index is 11.7. The van der Waals surface area contributed by atoms with Crippen molar-refractivity contribution < 1.29 is 8.42 Å². The Kier molecular flexibility index (Phi) is 5.26. The van der Waals surface area contributed by atoms with Gasteiger partial charge in [-0.15, -0.1) is 0 Å². The molecule has 7 heteroatoms. The smallest absolute Gasteiger partial charge is 0.152 e. The molecule has 0 saturated carbocycles. The predicted octanol–water partition coefficient (Wildman–Crippen LogP) is 1.64. The highest BCUT2D eigenvalue weighted by Crippen LogP contribution is 2.24. The van der Waals surface area contributed by atoms with E-state index in [-0.39, 0.29) is 17.5 Å². The molecule has 2 rings (SSSR count). The zero-order chi connectivity index (χ0) is 16.3. The number of rotatable bonds is 6. The van der Waals surface area contributed by atoms with Gasteiger partial charge in [0.1, 0.15) is 17.5 Å². The normalized spacial score (nSPS) is 20.1. The van der Waals surface area contributed by atoms with Crippen molar-refractivity contribution in [2.24, 2.45) is 0 Å². The summed E-state index contributed by atoms with van der Waals surface area (Å²) in [6.07, 6.45) is 2.93. The Labute approximate surface area is 133 Å². The molecule has 1 aromatic heterocycles. The third-order valence-corrected chi connectivity index (χ3v) is 5.92. The van der Waals surface area contributed by atoms with Crippen LogP contribution >= 0.6 is 0 Å². The van der Waals surface area contributed by atoms with Crippen LogP contribution in [0.15, 0.2) is 6.07 Å². The van der Waals surface area contributed by atoms with E-state index in [9.17, 15) is 8.42 Å².